The number of benzene rings is 2. The number of aromatic nitrogens is 1. The molecule has 0 radical (unpaired) electrons. The van der Waals surface area contributed by atoms with Crippen molar-refractivity contribution in [1.82, 2.24) is 4.98 Å². The first-order valence-electron chi connectivity index (χ1n) is 8.51. The van der Waals surface area contributed by atoms with Crippen LogP contribution in [0.4, 0.5) is 10.8 Å². The second-order valence-corrected chi connectivity index (χ2v) is 8.68. The molecule has 2 aromatic carbocycles. The number of rotatable bonds is 3. The van der Waals surface area contributed by atoms with Gasteiger partial charge in [0, 0.05) is 6.42 Å². The van der Waals surface area contributed by atoms with Gasteiger partial charge in [-0.15, -0.1) is 0 Å². The van der Waals surface area contributed by atoms with Crippen LogP contribution in [0, 0.1) is 19.3 Å². The molecular weight excluding hydrogens is 328 g/mol. The lowest BCUT2D eigenvalue weighted by molar-refractivity contribution is -0.119. The molecule has 130 valence electrons. The van der Waals surface area contributed by atoms with Gasteiger partial charge in [-0.3, -0.25) is 9.69 Å². The highest BCUT2D eigenvalue weighted by Crippen LogP contribution is 2.38. The van der Waals surface area contributed by atoms with Crippen LogP contribution in [0.2, 0.25) is 0 Å². The van der Waals surface area contributed by atoms with E-state index in [9.17, 15) is 4.79 Å². The van der Waals surface area contributed by atoms with E-state index in [0.717, 1.165) is 32.2 Å². The highest BCUT2D eigenvalue weighted by molar-refractivity contribution is 7.22. The largest absolute Gasteiger partial charge is 0.274 e. The van der Waals surface area contributed by atoms with E-state index in [1.807, 2.05) is 61.2 Å². The maximum absolute atomic E-state index is 13.2. The number of thiazole rings is 1. The maximum Gasteiger partial charge on any atom is 0.233 e. The van der Waals surface area contributed by atoms with Crippen LogP contribution in [0.25, 0.3) is 10.2 Å². The molecule has 0 fully saturated rings. The lowest BCUT2D eigenvalue weighted by Gasteiger charge is -2.27. The van der Waals surface area contributed by atoms with Crippen LogP contribution in [-0.2, 0) is 4.79 Å². The van der Waals surface area contributed by atoms with Gasteiger partial charge in [-0.2, -0.15) is 0 Å². The number of carbonyl (C=O) groups is 1. The van der Waals surface area contributed by atoms with Gasteiger partial charge in [0.1, 0.15) is 0 Å². The zero-order valence-corrected chi connectivity index (χ0v) is 16.3. The summed E-state index contributed by atoms with van der Waals surface area (Å²) in [6.45, 7) is 10.4. The van der Waals surface area contributed by atoms with E-state index in [1.54, 1.807) is 11.3 Å². The maximum atomic E-state index is 13.2. The molecule has 0 N–H and O–H groups in total. The number of fused-ring (bicyclic) bond motifs is 1. The molecule has 3 nitrogen and oxygen atoms in total. The molecule has 1 heterocycles. The monoisotopic (exact) mass is 352 g/mol. The summed E-state index contributed by atoms with van der Waals surface area (Å²) in [7, 11) is 0. The number of aryl methyl sites for hydroxylation is 2. The van der Waals surface area contributed by atoms with E-state index >= 15 is 0 Å². The van der Waals surface area contributed by atoms with Gasteiger partial charge in [0.05, 0.1) is 15.9 Å². The third-order valence-electron chi connectivity index (χ3n) is 4.07. The normalized spacial score (nSPS) is 11.7. The number of nitrogens with zero attached hydrogens (tertiary/aromatic N) is 2. The van der Waals surface area contributed by atoms with E-state index in [2.05, 4.69) is 20.8 Å². The first-order valence-corrected chi connectivity index (χ1v) is 9.33. The van der Waals surface area contributed by atoms with Crippen molar-refractivity contribution in [2.45, 2.75) is 41.0 Å². The van der Waals surface area contributed by atoms with Crippen molar-refractivity contribution in [2.24, 2.45) is 5.41 Å². The predicted molar refractivity (Wildman–Crippen MR) is 107 cm³/mol. The number of carbonyl (C=O) groups excluding carboxylic acids is 1. The highest BCUT2D eigenvalue weighted by Gasteiger charge is 2.28. The van der Waals surface area contributed by atoms with Crippen molar-refractivity contribution >= 4 is 38.3 Å². The minimum Gasteiger partial charge on any atom is -0.274 e. The molecule has 0 unspecified atom stereocenters. The average Bonchev–Trinajstić information content (AvgIpc) is 2.92. The van der Waals surface area contributed by atoms with Crippen molar-refractivity contribution in [3.8, 4) is 0 Å². The number of amides is 1. The molecule has 25 heavy (non-hydrogen) atoms. The molecule has 0 aliphatic carbocycles. The summed E-state index contributed by atoms with van der Waals surface area (Å²) < 4.78 is 1.09. The Morgan fingerprint density at radius 2 is 1.68 bits per heavy atom. The lowest BCUT2D eigenvalue weighted by Crippen LogP contribution is -2.30. The van der Waals surface area contributed by atoms with Gasteiger partial charge >= 0.3 is 0 Å². The van der Waals surface area contributed by atoms with E-state index in [4.69, 9.17) is 4.98 Å². The molecule has 0 spiro atoms. The quantitative estimate of drug-likeness (QED) is 0.578. The molecular formula is C21H24N2OS. The van der Waals surface area contributed by atoms with Gasteiger partial charge in [0.15, 0.2) is 5.13 Å². The Labute approximate surface area is 153 Å². The predicted octanol–water partition coefficient (Wildman–Crippen LogP) is 6.01. The van der Waals surface area contributed by atoms with Crippen LogP contribution in [0.15, 0.2) is 42.5 Å². The third-order valence-corrected chi connectivity index (χ3v) is 5.09. The first kappa shape index (κ1) is 17.6. The Morgan fingerprint density at radius 1 is 1.04 bits per heavy atom. The van der Waals surface area contributed by atoms with Crippen LogP contribution < -0.4 is 4.90 Å². The molecule has 0 atom stereocenters. The highest BCUT2D eigenvalue weighted by atomic mass is 32.1. The fraction of sp³-hybridized carbons (Fsp3) is 0.333. The molecule has 4 heteroatoms. The summed E-state index contributed by atoms with van der Waals surface area (Å²) in [5.41, 5.74) is 3.98. The zero-order valence-electron chi connectivity index (χ0n) is 15.5. The first-order chi connectivity index (χ1) is 11.8. The van der Waals surface area contributed by atoms with Crippen LogP contribution in [-0.4, -0.2) is 10.9 Å². The molecule has 1 aromatic heterocycles. The Kier molecular flexibility index (Phi) is 4.65. The number of hydrogen-bond acceptors (Lipinski definition) is 3. The SMILES string of the molecule is Cc1cccc(C)c1N(C(=O)CC(C)(C)C)c1nc2ccccc2s1. The van der Waals surface area contributed by atoms with Crippen LogP contribution in [0.3, 0.4) is 0 Å². The molecule has 0 aliphatic rings. The Hall–Kier alpha value is -2.20. The summed E-state index contributed by atoms with van der Waals surface area (Å²) in [6, 6.07) is 14.1. The summed E-state index contributed by atoms with van der Waals surface area (Å²) in [5, 5.41) is 0.743. The van der Waals surface area contributed by atoms with Gasteiger partial charge in [0.25, 0.3) is 0 Å². The summed E-state index contributed by atoms with van der Waals surface area (Å²) >= 11 is 1.57. The third kappa shape index (κ3) is 3.74. The van der Waals surface area contributed by atoms with Crippen molar-refractivity contribution in [3.05, 3.63) is 53.6 Å². The standard InChI is InChI=1S/C21H24N2OS/c1-14-9-8-10-15(2)19(14)23(18(24)13-21(3,4)5)20-22-16-11-6-7-12-17(16)25-20/h6-12H,13H2,1-5H3. The number of hydrogen-bond donors (Lipinski definition) is 0. The molecule has 3 aromatic rings. The Bertz CT molecular complexity index is 868. The molecule has 0 saturated heterocycles. The second kappa shape index (κ2) is 6.60. The Balaban J connectivity index is 2.16. The lowest BCUT2D eigenvalue weighted by atomic mass is 9.91. The molecule has 1 amide bonds. The van der Waals surface area contributed by atoms with Crippen LogP contribution >= 0.6 is 11.3 Å². The molecule has 0 bridgehead atoms. The van der Waals surface area contributed by atoms with Gasteiger partial charge in [0.2, 0.25) is 5.91 Å². The molecule has 0 aliphatic heterocycles. The minimum atomic E-state index is -0.0807. The smallest absolute Gasteiger partial charge is 0.233 e. The van der Waals surface area contributed by atoms with Gasteiger partial charge in [-0.25, -0.2) is 4.98 Å². The van der Waals surface area contributed by atoms with E-state index in [-0.39, 0.29) is 11.3 Å². The van der Waals surface area contributed by atoms with Gasteiger partial charge < -0.3 is 0 Å². The van der Waals surface area contributed by atoms with Crippen molar-refractivity contribution < 1.29 is 4.79 Å². The summed E-state index contributed by atoms with van der Waals surface area (Å²) in [4.78, 5) is 19.8. The van der Waals surface area contributed by atoms with E-state index < -0.39 is 0 Å². The van der Waals surface area contributed by atoms with Crippen molar-refractivity contribution in [1.29, 1.82) is 0 Å². The van der Waals surface area contributed by atoms with Gasteiger partial charge in [-0.1, -0.05) is 62.4 Å². The zero-order chi connectivity index (χ0) is 18.2. The van der Waals surface area contributed by atoms with Crippen molar-refractivity contribution in [3.63, 3.8) is 0 Å². The number of para-hydroxylation sites is 2. The van der Waals surface area contributed by atoms with Crippen molar-refractivity contribution in [2.75, 3.05) is 4.90 Å². The van der Waals surface area contributed by atoms with Crippen LogP contribution in [0.5, 0.6) is 0 Å². The van der Waals surface area contributed by atoms with E-state index in [1.165, 1.54) is 0 Å². The fourth-order valence-corrected chi connectivity index (χ4v) is 3.96. The summed E-state index contributed by atoms with van der Waals surface area (Å²) in [5.74, 6) is 0.0870. The second-order valence-electron chi connectivity index (χ2n) is 7.67. The average molecular weight is 353 g/mol. The number of anilines is 2. The van der Waals surface area contributed by atoms with Gasteiger partial charge in [-0.05, 0) is 42.5 Å². The van der Waals surface area contributed by atoms with Crippen LogP contribution in [0.1, 0.15) is 38.3 Å². The topological polar surface area (TPSA) is 33.2 Å². The molecule has 0 saturated carbocycles. The Morgan fingerprint density at radius 3 is 2.28 bits per heavy atom. The minimum absolute atomic E-state index is 0.0807. The molecule has 3 rings (SSSR count). The fourth-order valence-electron chi connectivity index (χ4n) is 2.97. The summed E-state index contributed by atoms with van der Waals surface area (Å²) in [6.07, 6.45) is 0.469. The van der Waals surface area contributed by atoms with E-state index in [0.29, 0.717) is 6.42 Å².